The zero-order chi connectivity index (χ0) is 9.68. The summed E-state index contributed by atoms with van der Waals surface area (Å²) in [5.74, 6) is -0.157. The monoisotopic (exact) mass is 182 g/mol. The second-order valence-corrected chi connectivity index (χ2v) is 2.99. The molecule has 3 N–H and O–H groups in total. The molecule has 1 atom stereocenters. The van der Waals surface area contributed by atoms with Crippen molar-refractivity contribution < 1.29 is 9.21 Å². The highest BCUT2D eigenvalue weighted by molar-refractivity contribution is 5.78. The van der Waals surface area contributed by atoms with Gasteiger partial charge < -0.3 is 15.5 Å². The van der Waals surface area contributed by atoms with E-state index in [0.29, 0.717) is 13.1 Å². The molecule has 0 bridgehead atoms. The Hall–Kier alpha value is -1.29. The quantitative estimate of drug-likeness (QED) is 0.712. The summed E-state index contributed by atoms with van der Waals surface area (Å²) in [5, 5.41) is 2.76. The van der Waals surface area contributed by atoms with Gasteiger partial charge in [0.1, 0.15) is 0 Å². The molecule has 0 fully saturated rings. The van der Waals surface area contributed by atoms with E-state index in [1.54, 1.807) is 19.5 Å². The molecule has 0 saturated heterocycles. The van der Waals surface area contributed by atoms with Crippen molar-refractivity contribution in [3.63, 3.8) is 0 Å². The molecule has 1 aromatic heterocycles. The van der Waals surface area contributed by atoms with E-state index in [9.17, 15) is 4.79 Å². The Balaban J connectivity index is 2.31. The molecular weight excluding hydrogens is 168 g/mol. The first-order valence-electron chi connectivity index (χ1n) is 4.23. The van der Waals surface area contributed by atoms with E-state index < -0.39 is 0 Å². The molecular formula is C9H14N2O2. The Bertz CT molecular complexity index is 257. The molecule has 1 amide bonds. The van der Waals surface area contributed by atoms with Crippen LogP contribution < -0.4 is 11.1 Å². The van der Waals surface area contributed by atoms with Gasteiger partial charge in [0.15, 0.2) is 0 Å². The molecule has 0 saturated carbocycles. The number of amides is 1. The average Bonchev–Trinajstić information content (AvgIpc) is 2.65. The number of furan rings is 1. The van der Waals surface area contributed by atoms with Crippen molar-refractivity contribution in [2.75, 3.05) is 6.54 Å². The molecule has 0 aliphatic carbocycles. The first-order valence-corrected chi connectivity index (χ1v) is 4.23. The van der Waals surface area contributed by atoms with Gasteiger partial charge in [-0.15, -0.1) is 0 Å². The van der Waals surface area contributed by atoms with Crippen molar-refractivity contribution in [2.45, 2.75) is 13.5 Å². The van der Waals surface area contributed by atoms with E-state index in [2.05, 4.69) is 5.32 Å². The van der Waals surface area contributed by atoms with E-state index in [4.69, 9.17) is 10.2 Å². The Kier molecular flexibility index (Phi) is 3.52. The van der Waals surface area contributed by atoms with Crippen molar-refractivity contribution in [1.82, 2.24) is 5.32 Å². The van der Waals surface area contributed by atoms with E-state index >= 15 is 0 Å². The SMILES string of the molecule is CC(CN)C(=O)NCc1ccoc1. The molecule has 0 aromatic carbocycles. The fraction of sp³-hybridized carbons (Fsp3) is 0.444. The third-order valence-electron chi connectivity index (χ3n) is 1.85. The van der Waals surface area contributed by atoms with Gasteiger partial charge in [-0.3, -0.25) is 4.79 Å². The van der Waals surface area contributed by atoms with Crippen molar-refractivity contribution in [3.05, 3.63) is 24.2 Å². The highest BCUT2D eigenvalue weighted by atomic mass is 16.3. The lowest BCUT2D eigenvalue weighted by molar-refractivity contribution is -0.124. The summed E-state index contributed by atoms with van der Waals surface area (Å²) >= 11 is 0. The first-order chi connectivity index (χ1) is 6.24. The molecule has 0 aliphatic heterocycles. The lowest BCUT2D eigenvalue weighted by Crippen LogP contribution is -2.32. The molecule has 1 rings (SSSR count). The Labute approximate surface area is 77.1 Å². The van der Waals surface area contributed by atoms with Gasteiger partial charge in [0.25, 0.3) is 0 Å². The Morgan fingerprint density at radius 3 is 3.08 bits per heavy atom. The third kappa shape index (κ3) is 2.91. The molecule has 4 nitrogen and oxygen atoms in total. The Morgan fingerprint density at radius 2 is 2.54 bits per heavy atom. The minimum Gasteiger partial charge on any atom is -0.472 e. The fourth-order valence-corrected chi connectivity index (χ4v) is 0.864. The molecule has 0 radical (unpaired) electrons. The molecule has 0 spiro atoms. The molecule has 13 heavy (non-hydrogen) atoms. The van der Waals surface area contributed by atoms with Crippen LogP contribution >= 0.6 is 0 Å². The average molecular weight is 182 g/mol. The summed E-state index contributed by atoms with van der Waals surface area (Å²) in [7, 11) is 0. The van der Waals surface area contributed by atoms with Crippen LogP contribution in [0.1, 0.15) is 12.5 Å². The number of rotatable bonds is 4. The van der Waals surface area contributed by atoms with E-state index in [1.807, 2.05) is 6.07 Å². The van der Waals surface area contributed by atoms with Crippen LogP contribution in [-0.2, 0) is 11.3 Å². The second-order valence-electron chi connectivity index (χ2n) is 2.99. The van der Waals surface area contributed by atoms with Crippen molar-refractivity contribution >= 4 is 5.91 Å². The molecule has 72 valence electrons. The maximum absolute atomic E-state index is 11.2. The number of nitrogens with one attached hydrogen (secondary N) is 1. The molecule has 1 unspecified atom stereocenters. The van der Waals surface area contributed by atoms with Gasteiger partial charge in [0.2, 0.25) is 5.91 Å². The van der Waals surface area contributed by atoms with Gasteiger partial charge in [-0.1, -0.05) is 6.92 Å². The van der Waals surface area contributed by atoms with E-state index in [-0.39, 0.29) is 11.8 Å². The maximum atomic E-state index is 11.2. The molecule has 4 heteroatoms. The minimum atomic E-state index is -0.132. The van der Waals surface area contributed by atoms with Gasteiger partial charge in [0, 0.05) is 24.6 Å². The van der Waals surface area contributed by atoms with Gasteiger partial charge in [-0.05, 0) is 6.07 Å². The van der Waals surface area contributed by atoms with E-state index in [1.165, 1.54) is 0 Å². The first kappa shape index (κ1) is 9.80. The van der Waals surface area contributed by atoms with Gasteiger partial charge in [-0.2, -0.15) is 0 Å². The topological polar surface area (TPSA) is 68.3 Å². The van der Waals surface area contributed by atoms with Gasteiger partial charge in [-0.25, -0.2) is 0 Å². The van der Waals surface area contributed by atoms with Gasteiger partial charge in [0.05, 0.1) is 12.5 Å². The van der Waals surface area contributed by atoms with Crippen LogP contribution in [0.3, 0.4) is 0 Å². The number of hydrogen-bond donors (Lipinski definition) is 2. The normalized spacial score (nSPS) is 12.5. The summed E-state index contributed by atoms with van der Waals surface area (Å²) in [6.07, 6.45) is 3.18. The number of nitrogens with two attached hydrogens (primary N) is 1. The molecule has 1 heterocycles. The zero-order valence-corrected chi connectivity index (χ0v) is 7.62. The lowest BCUT2D eigenvalue weighted by Gasteiger charge is -2.08. The summed E-state index contributed by atoms with van der Waals surface area (Å²) in [6.45, 7) is 2.67. The van der Waals surface area contributed by atoms with Crippen LogP contribution in [0.15, 0.2) is 23.0 Å². The zero-order valence-electron chi connectivity index (χ0n) is 7.62. The third-order valence-corrected chi connectivity index (χ3v) is 1.85. The predicted octanol–water partition coefficient (Wildman–Crippen LogP) is 0.491. The second kappa shape index (κ2) is 4.67. The maximum Gasteiger partial charge on any atom is 0.224 e. The smallest absolute Gasteiger partial charge is 0.224 e. The Morgan fingerprint density at radius 1 is 1.77 bits per heavy atom. The van der Waals surface area contributed by atoms with Gasteiger partial charge >= 0.3 is 0 Å². The van der Waals surface area contributed by atoms with Crippen LogP contribution in [0.5, 0.6) is 0 Å². The van der Waals surface area contributed by atoms with Crippen molar-refractivity contribution in [1.29, 1.82) is 0 Å². The van der Waals surface area contributed by atoms with E-state index in [0.717, 1.165) is 5.56 Å². The van der Waals surface area contributed by atoms with Crippen molar-refractivity contribution in [3.8, 4) is 0 Å². The molecule has 1 aromatic rings. The summed E-state index contributed by atoms with van der Waals surface area (Å²) < 4.78 is 4.86. The summed E-state index contributed by atoms with van der Waals surface area (Å²) in [4.78, 5) is 11.2. The number of carbonyl (C=O) groups excluding carboxylic acids is 1. The van der Waals surface area contributed by atoms with Crippen LogP contribution in [-0.4, -0.2) is 12.5 Å². The largest absolute Gasteiger partial charge is 0.472 e. The minimum absolute atomic E-state index is 0.0244. The fourth-order valence-electron chi connectivity index (χ4n) is 0.864. The molecule has 0 aliphatic rings. The van der Waals surface area contributed by atoms with Crippen LogP contribution in [0.2, 0.25) is 0 Å². The van der Waals surface area contributed by atoms with Crippen LogP contribution in [0.25, 0.3) is 0 Å². The number of hydrogen-bond acceptors (Lipinski definition) is 3. The number of carbonyl (C=O) groups is 1. The highest BCUT2D eigenvalue weighted by Crippen LogP contribution is 1.99. The highest BCUT2D eigenvalue weighted by Gasteiger charge is 2.09. The lowest BCUT2D eigenvalue weighted by atomic mass is 10.1. The summed E-state index contributed by atoms with van der Waals surface area (Å²) in [6, 6.07) is 1.81. The van der Waals surface area contributed by atoms with Crippen molar-refractivity contribution in [2.24, 2.45) is 11.7 Å². The summed E-state index contributed by atoms with van der Waals surface area (Å²) in [5.41, 5.74) is 6.30. The standard InChI is InChI=1S/C9H14N2O2/c1-7(4-10)9(12)11-5-8-2-3-13-6-8/h2-3,6-7H,4-5,10H2,1H3,(H,11,12). The predicted molar refractivity (Wildman–Crippen MR) is 48.8 cm³/mol. The van der Waals surface area contributed by atoms with Crippen LogP contribution in [0.4, 0.5) is 0 Å². The van der Waals surface area contributed by atoms with Crippen LogP contribution in [0, 0.1) is 5.92 Å².